The van der Waals surface area contributed by atoms with Gasteiger partial charge in [0.25, 0.3) is 5.69 Å². The number of aryl methyl sites for hydroxylation is 1. The zero-order chi connectivity index (χ0) is 15.4. The molecule has 0 saturated carbocycles. The van der Waals surface area contributed by atoms with Gasteiger partial charge < -0.3 is 10.1 Å². The maximum atomic E-state index is 13.5. The number of nitro benzene ring substituents is 1. The van der Waals surface area contributed by atoms with Gasteiger partial charge in [-0.15, -0.1) is 0 Å². The minimum atomic E-state index is -0.484. The first kappa shape index (κ1) is 14.8. The average molecular weight is 290 g/mol. The number of non-ortho nitro benzene ring substituents is 1. The van der Waals surface area contributed by atoms with Crippen molar-refractivity contribution in [1.29, 1.82) is 0 Å². The van der Waals surface area contributed by atoms with Crippen LogP contribution in [-0.2, 0) is 6.54 Å². The lowest BCUT2D eigenvalue weighted by Gasteiger charge is -2.11. The van der Waals surface area contributed by atoms with E-state index in [9.17, 15) is 14.5 Å². The van der Waals surface area contributed by atoms with E-state index in [0.717, 1.165) is 5.56 Å². The van der Waals surface area contributed by atoms with Crippen LogP contribution in [0.4, 0.5) is 15.8 Å². The highest BCUT2D eigenvalue weighted by Crippen LogP contribution is 2.29. The molecule has 0 heterocycles. The number of hydrogen-bond donors (Lipinski definition) is 1. The Labute approximate surface area is 121 Å². The number of nitrogens with one attached hydrogen (secondary N) is 1. The van der Waals surface area contributed by atoms with Crippen LogP contribution in [0.1, 0.15) is 11.1 Å². The van der Waals surface area contributed by atoms with Crippen LogP contribution in [0.15, 0.2) is 36.4 Å². The zero-order valence-electron chi connectivity index (χ0n) is 11.7. The highest BCUT2D eigenvalue weighted by molar-refractivity contribution is 5.60. The lowest BCUT2D eigenvalue weighted by molar-refractivity contribution is -0.384. The molecular weight excluding hydrogens is 275 g/mol. The molecule has 0 aliphatic heterocycles. The van der Waals surface area contributed by atoms with Crippen LogP contribution in [0.25, 0.3) is 0 Å². The van der Waals surface area contributed by atoms with Crippen molar-refractivity contribution >= 4 is 11.4 Å². The maximum absolute atomic E-state index is 13.5. The number of hydrogen-bond acceptors (Lipinski definition) is 4. The summed E-state index contributed by atoms with van der Waals surface area (Å²) in [5.41, 5.74) is 1.94. The molecule has 0 bridgehead atoms. The minimum absolute atomic E-state index is 0.0428. The van der Waals surface area contributed by atoms with E-state index in [1.165, 1.54) is 25.3 Å². The summed E-state index contributed by atoms with van der Waals surface area (Å²) in [7, 11) is 1.44. The summed E-state index contributed by atoms with van der Waals surface area (Å²) in [6, 6.07) is 9.29. The van der Waals surface area contributed by atoms with Gasteiger partial charge in [-0.2, -0.15) is 0 Å². The van der Waals surface area contributed by atoms with E-state index in [1.54, 1.807) is 19.1 Å². The van der Waals surface area contributed by atoms with Crippen LogP contribution >= 0.6 is 0 Å². The molecule has 110 valence electrons. The fourth-order valence-corrected chi connectivity index (χ4v) is 1.88. The van der Waals surface area contributed by atoms with Crippen LogP contribution in [0.3, 0.4) is 0 Å². The quantitative estimate of drug-likeness (QED) is 0.674. The summed E-state index contributed by atoms with van der Waals surface area (Å²) in [5, 5.41) is 13.8. The molecule has 0 saturated heterocycles. The SMILES string of the molecule is COc1cc([N+](=O)[O-])ccc1NCc1ccc(C)c(F)c1. The van der Waals surface area contributed by atoms with Crippen molar-refractivity contribution in [3.8, 4) is 5.75 Å². The van der Waals surface area contributed by atoms with E-state index in [-0.39, 0.29) is 11.5 Å². The predicted octanol–water partition coefficient (Wildman–Crippen LogP) is 3.66. The molecule has 0 aliphatic carbocycles. The monoisotopic (exact) mass is 290 g/mol. The molecule has 6 heteroatoms. The lowest BCUT2D eigenvalue weighted by Crippen LogP contribution is -2.02. The topological polar surface area (TPSA) is 64.4 Å². The van der Waals surface area contributed by atoms with Crippen LogP contribution in [0.5, 0.6) is 5.75 Å². The van der Waals surface area contributed by atoms with Crippen LogP contribution < -0.4 is 10.1 Å². The number of anilines is 1. The predicted molar refractivity (Wildman–Crippen MR) is 78.1 cm³/mol. The summed E-state index contributed by atoms with van der Waals surface area (Å²) in [5.74, 6) is 0.113. The molecule has 21 heavy (non-hydrogen) atoms. The Morgan fingerprint density at radius 1 is 1.29 bits per heavy atom. The van der Waals surface area contributed by atoms with Gasteiger partial charge in [-0.3, -0.25) is 10.1 Å². The number of nitrogens with zero attached hydrogens (tertiary/aromatic N) is 1. The molecule has 0 aromatic heterocycles. The molecule has 0 aliphatic rings. The molecule has 1 N–H and O–H groups in total. The fourth-order valence-electron chi connectivity index (χ4n) is 1.88. The third kappa shape index (κ3) is 3.47. The average Bonchev–Trinajstić information content (AvgIpc) is 2.48. The van der Waals surface area contributed by atoms with Crippen LogP contribution in [0, 0.1) is 22.9 Å². The van der Waals surface area contributed by atoms with E-state index in [2.05, 4.69) is 5.32 Å². The Morgan fingerprint density at radius 2 is 2.05 bits per heavy atom. The second kappa shape index (κ2) is 6.21. The summed E-state index contributed by atoms with van der Waals surface area (Å²) < 4.78 is 18.6. The molecule has 0 radical (unpaired) electrons. The van der Waals surface area contributed by atoms with Crippen molar-refractivity contribution in [1.82, 2.24) is 0 Å². The molecule has 2 aromatic rings. The highest BCUT2D eigenvalue weighted by atomic mass is 19.1. The molecule has 0 amide bonds. The maximum Gasteiger partial charge on any atom is 0.273 e. The number of rotatable bonds is 5. The summed E-state index contributed by atoms with van der Waals surface area (Å²) in [4.78, 5) is 10.2. The largest absolute Gasteiger partial charge is 0.494 e. The minimum Gasteiger partial charge on any atom is -0.494 e. The van der Waals surface area contributed by atoms with Gasteiger partial charge in [0, 0.05) is 12.6 Å². The third-order valence-electron chi connectivity index (χ3n) is 3.12. The Kier molecular flexibility index (Phi) is 4.37. The number of methoxy groups -OCH3 is 1. The Hall–Kier alpha value is -2.63. The van der Waals surface area contributed by atoms with Crippen molar-refractivity contribution in [2.75, 3.05) is 12.4 Å². The van der Waals surface area contributed by atoms with Crippen molar-refractivity contribution in [3.05, 3.63) is 63.5 Å². The Morgan fingerprint density at radius 3 is 2.67 bits per heavy atom. The number of halogens is 1. The molecule has 0 unspecified atom stereocenters. The second-order valence-corrected chi connectivity index (χ2v) is 4.58. The van der Waals surface area contributed by atoms with E-state index in [4.69, 9.17) is 4.74 Å². The first-order chi connectivity index (χ1) is 10.0. The summed E-state index contributed by atoms with van der Waals surface area (Å²) in [6.07, 6.45) is 0. The van der Waals surface area contributed by atoms with Crippen molar-refractivity contribution in [2.24, 2.45) is 0 Å². The molecule has 2 aromatic carbocycles. The molecule has 5 nitrogen and oxygen atoms in total. The van der Waals surface area contributed by atoms with Gasteiger partial charge >= 0.3 is 0 Å². The highest BCUT2D eigenvalue weighted by Gasteiger charge is 2.11. The van der Waals surface area contributed by atoms with Gasteiger partial charge in [0.05, 0.1) is 23.8 Å². The Bertz CT molecular complexity index is 674. The molecular formula is C15H15FN2O3. The second-order valence-electron chi connectivity index (χ2n) is 4.58. The molecule has 0 atom stereocenters. The number of ether oxygens (including phenoxy) is 1. The van der Waals surface area contributed by atoms with Gasteiger partial charge in [-0.25, -0.2) is 4.39 Å². The zero-order valence-corrected chi connectivity index (χ0v) is 11.7. The third-order valence-corrected chi connectivity index (χ3v) is 3.12. The number of benzene rings is 2. The first-order valence-electron chi connectivity index (χ1n) is 6.32. The summed E-state index contributed by atoms with van der Waals surface area (Å²) in [6.45, 7) is 2.09. The fraction of sp³-hybridized carbons (Fsp3) is 0.200. The molecule has 0 spiro atoms. The van der Waals surface area contributed by atoms with E-state index < -0.39 is 4.92 Å². The molecule has 0 fully saturated rings. The Balaban J connectivity index is 2.15. The van der Waals surface area contributed by atoms with E-state index in [1.807, 2.05) is 6.07 Å². The van der Waals surface area contributed by atoms with Gasteiger partial charge in [-0.1, -0.05) is 12.1 Å². The van der Waals surface area contributed by atoms with E-state index >= 15 is 0 Å². The summed E-state index contributed by atoms with van der Waals surface area (Å²) >= 11 is 0. The van der Waals surface area contributed by atoms with Crippen molar-refractivity contribution < 1.29 is 14.1 Å². The van der Waals surface area contributed by atoms with Crippen LogP contribution in [-0.4, -0.2) is 12.0 Å². The normalized spacial score (nSPS) is 10.2. The molecule has 2 rings (SSSR count). The van der Waals surface area contributed by atoms with Gasteiger partial charge in [0.1, 0.15) is 11.6 Å². The van der Waals surface area contributed by atoms with Gasteiger partial charge in [0.2, 0.25) is 0 Å². The lowest BCUT2D eigenvalue weighted by atomic mass is 10.1. The smallest absolute Gasteiger partial charge is 0.273 e. The van der Waals surface area contributed by atoms with Crippen molar-refractivity contribution in [2.45, 2.75) is 13.5 Å². The van der Waals surface area contributed by atoms with Gasteiger partial charge in [-0.05, 0) is 30.2 Å². The van der Waals surface area contributed by atoms with Crippen LogP contribution in [0.2, 0.25) is 0 Å². The van der Waals surface area contributed by atoms with E-state index in [0.29, 0.717) is 23.5 Å². The number of nitro groups is 1. The standard InChI is InChI=1S/C15H15FN2O3/c1-10-3-4-11(7-13(10)16)9-17-14-6-5-12(18(19)20)8-15(14)21-2/h3-8,17H,9H2,1-2H3. The van der Waals surface area contributed by atoms with Gasteiger partial charge in [0.15, 0.2) is 0 Å². The first-order valence-corrected chi connectivity index (χ1v) is 6.32. The van der Waals surface area contributed by atoms with Crippen molar-refractivity contribution in [3.63, 3.8) is 0 Å².